The normalized spacial score (nSPS) is 11.1. The second kappa shape index (κ2) is 5.46. The molecule has 5 heteroatoms. The van der Waals surface area contributed by atoms with Crippen molar-refractivity contribution in [3.05, 3.63) is 27.5 Å². The van der Waals surface area contributed by atoms with Gasteiger partial charge in [0.25, 0.3) is 0 Å². The van der Waals surface area contributed by atoms with Crippen molar-refractivity contribution in [3.63, 3.8) is 0 Å². The first kappa shape index (κ1) is 12.4. The van der Waals surface area contributed by atoms with E-state index in [9.17, 15) is 4.79 Å². The fourth-order valence-corrected chi connectivity index (χ4v) is 2.29. The smallest absolute Gasteiger partial charge is 0.348 e. The Morgan fingerprint density at radius 1 is 1.62 bits per heavy atom. The number of hydrogen-bond acceptors (Lipinski definition) is 5. The molecule has 4 nitrogen and oxygen atoms in total. The largest absolute Gasteiger partial charge is 0.465 e. The van der Waals surface area contributed by atoms with E-state index < -0.39 is 0 Å². The Morgan fingerprint density at radius 3 is 2.81 bits per heavy atom. The number of carbonyl (C=O) groups excluding carboxylic acids is 1. The Hall–Kier alpha value is -1.62. The fraction of sp³-hybridized carbons (Fsp3) is 0.273. The van der Waals surface area contributed by atoms with E-state index in [4.69, 9.17) is 5.41 Å². The molecule has 0 saturated heterocycles. The zero-order chi connectivity index (χ0) is 12.1. The van der Waals surface area contributed by atoms with E-state index in [0.717, 1.165) is 16.1 Å². The van der Waals surface area contributed by atoms with E-state index in [1.54, 1.807) is 19.2 Å². The van der Waals surface area contributed by atoms with Crippen LogP contribution in [0.2, 0.25) is 0 Å². The summed E-state index contributed by atoms with van der Waals surface area (Å²) in [5.74, 6) is -0.329. The van der Waals surface area contributed by atoms with E-state index in [0.29, 0.717) is 4.88 Å². The van der Waals surface area contributed by atoms with Gasteiger partial charge in [0.05, 0.1) is 7.11 Å². The molecule has 0 atom stereocenters. The summed E-state index contributed by atoms with van der Waals surface area (Å²) >= 11 is 1.39. The number of esters is 1. The van der Waals surface area contributed by atoms with Gasteiger partial charge in [-0.3, -0.25) is 0 Å². The molecule has 0 amide bonds. The second-order valence-electron chi connectivity index (χ2n) is 3.07. The molecule has 0 aliphatic carbocycles. The lowest BCUT2D eigenvalue weighted by Gasteiger charge is -2.04. The minimum Gasteiger partial charge on any atom is -0.465 e. The van der Waals surface area contributed by atoms with E-state index in [1.165, 1.54) is 24.7 Å². The van der Waals surface area contributed by atoms with Crippen LogP contribution in [0.25, 0.3) is 5.70 Å². The molecule has 16 heavy (non-hydrogen) atoms. The van der Waals surface area contributed by atoms with Gasteiger partial charge >= 0.3 is 5.97 Å². The fourth-order valence-electron chi connectivity index (χ4n) is 1.34. The van der Waals surface area contributed by atoms with Crippen LogP contribution in [0.15, 0.2) is 12.1 Å². The van der Waals surface area contributed by atoms with Crippen molar-refractivity contribution in [2.24, 2.45) is 0 Å². The monoisotopic (exact) mass is 238 g/mol. The molecule has 0 aromatic carbocycles. The molecule has 0 spiro atoms. The first-order valence-electron chi connectivity index (χ1n) is 4.71. The van der Waals surface area contributed by atoms with Gasteiger partial charge in [-0.05, 0) is 19.1 Å². The number of rotatable bonds is 4. The van der Waals surface area contributed by atoms with Crippen LogP contribution in [0.4, 0.5) is 0 Å². The van der Waals surface area contributed by atoms with Crippen LogP contribution in [0, 0.1) is 12.3 Å². The van der Waals surface area contributed by atoms with Crippen molar-refractivity contribution >= 4 is 29.2 Å². The SMILES string of the molecule is CN/C(=C\C=N)c1cc(C(=O)OC)sc1C. The quantitative estimate of drug-likeness (QED) is 0.623. The minimum absolute atomic E-state index is 0.329. The van der Waals surface area contributed by atoms with Crippen molar-refractivity contribution in [2.75, 3.05) is 14.2 Å². The zero-order valence-corrected chi connectivity index (χ0v) is 10.3. The summed E-state index contributed by atoms with van der Waals surface area (Å²) in [5.41, 5.74) is 1.75. The average molecular weight is 238 g/mol. The van der Waals surface area contributed by atoms with Crippen molar-refractivity contribution in [2.45, 2.75) is 6.92 Å². The molecule has 86 valence electrons. The number of ether oxygens (including phenoxy) is 1. The number of aryl methyl sites for hydroxylation is 1. The van der Waals surface area contributed by atoms with Gasteiger partial charge in [0.1, 0.15) is 4.88 Å². The summed E-state index contributed by atoms with van der Waals surface area (Å²) in [6, 6.07) is 1.78. The number of carbonyl (C=O) groups is 1. The van der Waals surface area contributed by atoms with Crippen LogP contribution in [0.3, 0.4) is 0 Å². The van der Waals surface area contributed by atoms with Gasteiger partial charge in [-0.2, -0.15) is 0 Å². The average Bonchev–Trinajstić information content (AvgIpc) is 2.67. The first-order valence-corrected chi connectivity index (χ1v) is 5.53. The summed E-state index contributed by atoms with van der Waals surface area (Å²) in [6.45, 7) is 1.93. The predicted molar refractivity (Wildman–Crippen MR) is 66.2 cm³/mol. The lowest BCUT2D eigenvalue weighted by Crippen LogP contribution is -2.05. The highest BCUT2D eigenvalue weighted by Gasteiger charge is 2.14. The molecule has 0 unspecified atom stereocenters. The summed E-state index contributed by atoms with van der Waals surface area (Å²) in [4.78, 5) is 12.9. The van der Waals surface area contributed by atoms with Gasteiger partial charge in [-0.25, -0.2) is 4.79 Å². The standard InChI is InChI=1S/C11H14N2O2S/c1-7-8(9(13-2)4-5-12)6-10(16-7)11(14)15-3/h4-6,12-13H,1-3H3/b9-4-,12-5?. The molecule has 0 fully saturated rings. The van der Waals surface area contributed by atoms with Crippen molar-refractivity contribution < 1.29 is 9.53 Å². The third kappa shape index (κ3) is 2.49. The highest BCUT2D eigenvalue weighted by molar-refractivity contribution is 7.14. The Bertz CT molecular complexity index is 435. The highest BCUT2D eigenvalue weighted by atomic mass is 32.1. The van der Waals surface area contributed by atoms with E-state index in [2.05, 4.69) is 10.1 Å². The van der Waals surface area contributed by atoms with Gasteiger partial charge < -0.3 is 15.5 Å². The van der Waals surface area contributed by atoms with E-state index in [1.807, 2.05) is 6.92 Å². The first-order chi connectivity index (χ1) is 7.63. The second-order valence-corrected chi connectivity index (χ2v) is 4.33. The lowest BCUT2D eigenvalue weighted by molar-refractivity contribution is 0.0606. The van der Waals surface area contributed by atoms with Crippen LogP contribution in [-0.4, -0.2) is 26.3 Å². The number of allylic oxidation sites excluding steroid dienone is 1. The third-order valence-corrected chi connectivity index (χ3v) is 3.14. The summed E-state index contributed by atoms with van der Waals surface area (Å²) in [7, 11) is 3.15. The number of thiophene rings is 1. The van der Waals surface area contributed by atoms with Crippen molar-refractivity contribution in [3.8, 4) is 0 Å². The zero-order valence-electron chi connectivity index (χ0n) is 9.46. The molecule has 1 aromatic rings. The van der Waals surface area contributed by atoms with Crippen LogP contribution in [0.1, 0.15) is 20.1 Å². The van der Waals surface area contributed by atoms with Crippen LogP contribution in [-0.2, 0) is 4.74 Å². The maximum absolute atomic E-state index is 11.4. The van der Waals surface area contributed by atoms with Gasteiger partial charge in [0.2, 0.25) is 0 Å². The van der Waals surface area contributed by atoms with Gasteiger partial charge in [0, 0.05) is 29.4 Å². The maximum atomic E-state index is 11.4. The lowest BCUT2D eigenvalue weighted by atomic mass is 10.1. The summed E-state index contributed by atoms with van der Waals surface area (Å²) < 4.78 is 4.66. The molecule has 1 aromatic heterocycles. The highest BCUT2D eigenvalue weighted by Crippen LogP contribution is 2.26. The molecular formula is C11H14N2O2S. The van der Waals surface area contributed by atoms with Gasteiger partial charge in [0.15, 0.2) is 0 Å². The van der Waals surface area contributed by atoms with Crippen molar-refractivity contribution in [1.29, 1.82) is 5.41 Å². The maximum Gasteiger partial charge on any atom is 0.348 e. The minimum atomic E-state index is -0.329. The Kier molecular flexibility index (Phi) is 4.25. The van der Waals surface area contributed by atoms with E-state index >= 15 is 0 Å². The number of nitrogens with one attached hydrogen (secondary N) is 2. The van der Waals surface area contributed by atoms with Crippen LogP contribution in [0.5, 0.6) is 0 Å². The molecule has 0 radical (unpaired) electrons. The number of hydrogen-bond donors (Lipinski definition) is 2. The van der Waals surface area contributed by atoms with E-state index in [-0.39, 0.29) is 5.97 Å². The molecule has 1 heterocycles. The third-order valence-electron chi connectivity index (χ3n) is 2.11. The topological polar surface area (TPSA) is 62.2 Å². The molecule has 1 rings (SSSR count). The summed E-state index contributed by atoms with van der Waals surface area (Å²) in [6.07, 6.45) is 2.86. The van der Waals surface area contributed by atoms with Gasteiger partial charge in [-0.1, -0.05) is 0 Å². The molecule has 0 bridgehead atoms. The number of methoxy groups -OCH3 is 1. The van der Waals surface area contributed by atoms with Gasteiger partial charge in [-0.15, -0.1) is 11.3 Å². The van der Waals surface area contributed by atoms with Crippen molar-refractivity contribution in [1.82, 2.24) is 5.32 Å². The molecule has 0 aliphatic rings. The molecule has 0 saturated carbocycles. The predicted octanol–water partition coefficient (Wildman–Crippen LogP) is 2.05. The molecule has 2 N–H and O–H groups in total. The van der Waals surface area contributed by atoms with Crippen LogP contribution < -0.4 is 5.32 Å². The summed E-state index contributed by atoms with van der Waals surface area (Å²) in [5, 5.41) is 10.0. The molecular weight excluding hydrogens is 224 g/mol. The Balaban J connectivity index is 3.15. The Labute approximate surface area is 98.4 Å². The molecule has 0 aliphatic heterocycles. The van der Waals surface area contributed by atoms with Crippen LogP contribution >= 0.6 is 11.3 Å². The Morgan fingerprint density at radius 2 is 2.31 bits per heavy atom.